The van der Waals surface area contributed by atoms with Crippen LogP contribution in [0.3, 0.4) is 0 Å². The standard InChI is InChI=1S/C18H20ClNO4S/c1-4-12-20(14-6-8-15(9-7-14)24-5-2)25(21,22)16-10-11-18(23-3)17(19)13-16/h4,6-11,13H,1,5,12H2,2-3H3. The normalized spacial score (nSPS) is 11.0. The molecule has 2 aromatic rings. The lowest BCUT2D eigenvalue weighted by atomic mass is 10.3. The van der Waals surface area contributed by atoms with Crippen molar-refractivity contribution in [2.45, 2.75) is 11.8 Å². The third-order valence-corrected chi connectivity index (χ3v) is 5.53. The van der Waals surface area contributed by atoms with Gasteiger partial charge in [0.1, 0.15) is 11.5 Å². The van der Waals surface area contributed by atoms with E-state index in [1.807, 2.05) is 6.92 Å². The zero-order chi connectivity index (χ0) is 18.4. The summed E-state index contributed by atoms with van der Waals surface area (Å²) in [5.41, 5.74) is 0.510. The molecular weight excluding hydrogens is 362 g/mol. The number of anilines is 1. The fourth-order valence-electron chi connectivity index (χ4n) is 2.27. The molecule has 5 nitrogen and oxygen atoms in total. The number of halogens is 1. The molecule has 0 atom stereocenters. The van der Waals surface area contributed by atoms with Crippen molar-refractivity contribution in [3.63, 3.8) is 0 Å². The lowest BCUT2D eigenvalue weighted by Crippen LogP contribution is -2.31. The maximum absolute atomic E-state index is 13.0. The summed E-state index contributed by atoms with van der Waals surface area (Å²) in [6.45, 7) is 6.20. The Kier molecular flexibility index (Phi) is 6.33. The molecule has 0 spiro atoms. The van der Waals surface area contributed by atoms with Crippen LogP contribution in [0.4, 0.5) is 5.69 Å². The highest BCUT2D eigenvalue weighted by atomic mass is 35.5. The van der Waals surface area contributed by atoms with E-state index in [1.165, 1.54) is 35.7 Å². The zero-order valence-electron chi connectivity index (χ0n) is 14.1. The zero-order valence-corrected chi connectivity index (χ0v) is 15.7. The predicted octanol–water partition coefficient (Wildman–Crippen LogP) is 4.13. The third kappa shape index (κ3) is 4.27. The minimum absolute atomic E-state index is 0.0778. The minimum atomic E-state index is -3.81. The van der Waals surface area contributed by atoms with Gasteiger partial charge in [0, 0.05) is 0 Å². The summed E-state index contributed by atoms with van der Waals surface area (Å²) in [4.78, 5) is 0.0778. The number of rotatable bonds is 8. The number of hydrogen-bond donors (Lipinski definition) is 0. The molecule has 134 valence electrons. The Labute approximate surface area is 153 Å². The Morgan fingerprint density at radius 1 is 1.20 bits per heavy atom. The van der Waals surface area contributed by atoms with E-state index in [-0.39, 0.29) is 16.5 Å². The summed E-state index contributed by atoms with van der Waals surface area (Å²) in [5, 5.41) is 0.230. The average molecular weight is 382 g/mol. The number of sulfonamides is 1. The van der Waals surface area contributed by atoms with E-state index in [1.54, 1.807) is 24.3 Å². The van der Waals surface area contributed by atoms with Gasteiger partial charge in [-0.25, -0.2) is 8.42 Å². The van der Waals surface area contributed by atoms with Gasteiger partial charge in [-0.05, 0) is 49.4 Å². The van der Waals surface area contributed by atoms with E-state index in [0.717, 1.165) is 0 Å². The SMILES string of the molecule is C=CCN(c1ccc(OCC)cc1)S(=O)(=O)c1ccc(OC)c(Cl)c1. The molecule has 0 unspecified atom stereocenters. The van der Waals surface area contributed by atoms with Crippen LogP contribution in [0, 0.1) is 0 Å². The van der Waals surface area contributed by atoms with Crippen molar-refractivity contribution in [2.75, 3.05) is 24.6 Å². The van der Waals surface area contributed by atoms with E-state index in [2.05, 4.69) is 6.58 Å². The summed E-state index contributed by atoms with van der Waals surface area (Å²) in [6, 6.07) is 11.2. The maximum atomic E-state index is 13.0. The molecule has 0 heterocycles. The van der Waals surface area contributed by atoms with Crippen molar-refractivity contribution in [2.24, 2.45) is 0 Å². The Balaban J connectivity index is 2.43. The lowest BCUT2D eigenvalue weighted by Gasteiger charge is -2.23. The first kappa shape index (κ1) is 19.1. The van der Waals surface area contributed by atoms with Crippen molar-refractivity contribution < 1.29 is 17.9 Å². The minimum Gasteiger partial charge on any atom is -0.495 e. The topological polar surface area (TPSA) is 55.8 Å². The number of methoxy groups -OCH3 is 1. The summed E-state index contributed by atoms with van der Waals surface area (Å²) < 4.78 is 37.8. The van der Waals surface area contributed by atoms with Gasteiger partial charge in [-0.2, -0.15) is 0 Å². The number of ether oxygens (including phenoxy) is 2. The van der Waals surface area contributed by atoms with Gasteiger partial charge in [0.15, 0.2) is 0 Å². The molecule has 0 N–H and O–H groups in total. The third-order valence-electron chi connectivity index (χ3n) is 3.44. The Morgan fingerprint density at radius 2 is 1.88 bits per heavy atom. The van der Waals surface area contributed by atoms with Crippen LogP contribution in [0.15, 0.2) is 60.0 Å². The molecule has 25 heavy (non-hydrogen) atoms. The molecule has 0 aliphatic rings. The molecular formula is C18H20ClNO4S. The molecule has 0 bridgehead atoms. The molecule has 2 rings (SSSR count). The second-order valence-electron chi connectivity index (χ2n) is 5.05. The Morgan fingerprint density at radius 3 is 2.40 bits per heavy atom. The summed E-state index contributed by atoms with van der Waals surface area (Å²) in [6.07, 6.45) is 1.53. The first-order chi connectivity index (χ1) is 11.9. The van der Waals surface area contributed by atoms with Crippen molar-refractivity contribution in [3.05, 3.63) is 60.1 Å². The summed E-state index contributed by atoms with van der Waals surface area (Å²) in [5.74, 6) is 1.09. The quantitative estimate of drug-likeness (QED) is 0.645. The van der Waals surface area contributed by atoms with Gasteiger partial charge in [0.05, 0.1) is 35.9 Å². The molecule has 0 saturated heterocycles. The van der Waals surface area contributed by atoms with Gasteiger partial charge < -0.3 is 9.47 Å². The highest BCUT2D eigenvalue weighted by Gasteiger charge is 2.25. The highest BCUT2D eigenvalue weighted by molar-refractivity contribution is 7.92. The molecule has 0 aliphatic carbocycles. The largest absolute Gasteiger partial charge is 0.495 e. The second kappa shape index (κ2) is 8.27. The Bertz CT molecular complexity index is 835. The van der Waals surface area contributed by atoms with Crippen molar-refractivity contribution >= 4 is 27.3 Å². The van der Waals surface area contributed by atoms with Crippen LogP contribution in [0.1, 0.15) is 6.92 Å². The fraction of sp³-hybridized carbons (Fsp3) is 0.222. The van der Waals surface area contributed by atoms with Gasteiger partial charge in [0.2, 0.25) is 0 Å². The van der Waals surface area contributed by atoms with Gasteiger partial charge in [-0.1, -0.05) is 17.7 Å². The monoisotopic (exact) mass is 381 g/mol. The van der Waals surface area contributed by atoms with Crippen molar-refractivity contribution in [1.82, 2.24) is 0 Å². The van der Waals surface area contributed by atoms with Gasteiger partial charge in [0.25, 0.3) is 10.0 Å². The van der Waals surface area contributed by atoms with Crippen LogP contribution in [0.25, 0.3) is 0 Å². The predicted molar refractivity (Wildman–Crippen MR) is 100 cm³/mol. The first-order valence-electron chi connectivity index (χ1n) is 7.64. The van der Waals surface area contributed by atoms with E-state index in [9.17, 15) is 8.42 Å². The molecule has 0 saturated carbocycles. The van der Waals surface area contributed by atoms with E-state index >= 15 is 0 Å². The molecule has 0 radical (unpaired) electrons. The van der Waals surface area contributed by atoms with Crippen molar-refractivity contribution in [1.29, 1.82) is 0 Å². The van der Waals surface area contributed by atoms with Gasteiger partial charge in [-0.15, -0.1) is 6.58 Å². The number of hydrogen-bond acceptors (Lipinski definition) is 4. The molecule has 0 amide bonds. The molecule has 0 fully saturated rings. The molecule has 0 aromatic heterocycles. The Hall–Kier alpha value is -2.18. The average Bonchev–Trinajstić information content (AvgIpc) is 2.60. The fourth-order valence-corrected chi connectivity index (χ4v) is 4.05. The summed E-state index contributed by atoms with van der Waals surface area (Å²) >= 11 is 6.07. The number of benzene rings is 2. The van der Waals surface area contributed by atoms with Crippen molar-refractivity contribution in [3.8, 4) is 11.5 Å². The number of nitrogens with zero attached hydrogens (tertiary/aromatic N) is 1. The molecule has 2 aromatic carbocycles. The molecule has 7 heteroatoms. The van der Waals surface area contributed by atoms with Crippen LogP contribution in [-0.2, 0) is 10.0 Å². The van der Waals surface area contributed by atoms with E-state index in [0.29, 0.717) is 23.8 Å². The van der Waals surface area contributed by atoms with Crippen LogP contribution in [0.2, 0.25) is 5.02 Å². The lowest BCUT2D eigenvalue weighted by molar-refractivity contribution is 0.340. The van der Waals surface area contributed by atoms with E-state index < -0.39 is 10.0 Å². The second-order valence-corrected chi connectivity index (χ2v) is 7.32. The van der Waals surface area contributed by atoms with Crippen LogP contribution in [-0.4, -0.2) is 28.7 Å². The first-order valence-corrected chi connectivity index (χ1v) is 9.46. The molecule has 0 aliphatic heterocycles. The van der Waals surface area contributed by atoms with Gasteiger partial charge >= 0.3 is 0 Å². The summed E-state index contributed by atoms with van der Waals surface area (Å²) in [7, 11) is -2.34. The van der Waals surface area contributed by atoms with Crippen LogP contribution in [0.5, 0.6) is 11.5 Å². The smallest absolute Gasteiger partial charge is 0.264 e. The maximum Gasteiger partial charge on any atom is 0.264 e. The van der Waals surface area contributed by atoms with Crippen LogP contribution < -0.4 is 13.8 Å². The highest BCUT2D eigenvalue weighted by Crippen LogP contribution is 2.31. The van der Waals surface area contributed by atoms with Crippen LogP contribution >= 0.6 is 11.6 Å². The van der Waals surface area contributed by atoms with Gasteiger partial charge in [-0.3, -0.25) is 4.31 Å². The van der Waals surface area contributed by atoms with E-state index in [4.69, 9.17) is 21.1 Å².